The van der Waals surface area contributed by atoms with E-state index in [0.29, 0.717) is 13.0 Å². The van der Waals surface area contributed by atoms with Crippen LogP contribution in [0.1, 0.15) is 40.5 Å². The third kappa shape index (κ3) is 6.97. The fraction of sp³-hybridized carbons (Fsp3) is 0.600. The van der Waals surface area contributed by atoms with E-state index >= 15 is 0 Å². The molecule has 1 aromatic rings. The molecule has 0 radical (unpaired) electrons. The van der Waals surface area contributed by atoms with Gasteiger partial charge in [0.2, 0.25) is 5.91 Å². The molecular weight excluding hydrogens is 252 g/mol. The van der Waals surface area contributed by atoms with Crippen LogP contribution in [0.25, 0.3) is 0 Å². The van der Waals surface area contributed by atoms with Crippen molar-refractivity contribution >= 4 is 17.3 Å². The number of carbonyl (C=O) groups is 1. The minimum absolute atomic E-state index is 0.0539. The molecule has 0 aliphatic carbocycles. The van der Waals surface area contributed by atoms with E-state index in [9.17, 15) is 4.79 Å². The highest BCUT2D eigenvalue weighted by Crippen LogP contribution is 2.12. The monoisotopic (exact) mass is 278 g/mol. The van der Waals surface area contributed by atoms with Gasteiger partial charge in [-0.2, -0.15) is 0 Å². The van der Waals surface area contributed by atoms with Gasteiger partial charge in [0.05, 0.1) is 23.8 Å². The molecule has 0 bridgehead atoms. The number of nitrogens with one attached hydrogen (secondary N) is 3. The average molecular weight is 278 g/mol. The van der Waals surface area contributed by atoms with E-state index in [1.54, 1.807) is 12.4 Å². The molecular formula is C15H26N4O. The Morgan fingerprint density at radius 3 is 2.30 bits per heavy atom. The zero-order valence-corrected chi connectivity index (χ0v) is 12.9. The van der Waals surface area contributed by atoms with Gasteiger partial charge in [-0.15, -0.1) is 0 Å². The first-order valence-electron chi connectivity index (χ1n) is 7.14. The van der Waals surface area contributed by atoms with Crippen molar-refractivity contribution in [3.8, 4) is 0 Å². The predicted molar refractivity (Wildman–Crippen MR) is 84.0 cm³/mol. The zero-order chi connectivity index (χ0) is 15.0. The number of rotatable bonds is 7. The Hall–Kier alpha value is -1.78. The van der Waals surface area contributed by atoms with Crippen LogP contribution >= 0.6 is 0 Å². The third-order valence-electron chi connectivity index (χ3n) is 2.51. The summed E-state index contributed by atoms with van der Waals surface area (Å²) in [7, 11) is 0. The van der Waals surface area contributed by atoms with Crippen LogP contribution < -0.4 is 16.0 Å². The Morgan fingerprint density at radius 2 is 1.75 bits per heavy atom. The fourth-order valence-electron chi connectivity index (χ4n) is 1.70. The van der Waals surface area contributed by atoms with Gasteiger partial charge in [-0.05, 0) is 33.3 Å². The van der Waals surface area contributed by atoms with Crippen LogP contribution in [0.5, 0.6) is 0 Å². The average Bonchev–Trinajstić information content (AvgIpc) is 2.34. The fourth-order valence-corrected chi connectivity index (χ4v) is 1.70. The van der Waals surface area contributed by atoms with Gasteiger partial charge in [-0.3, -0.25) is 9.78 Å². The number of nitrogens with zero attached hydrogens (tertiary/aromatic N) is 1. The standard InChI is InChI=1S/C15H26N4O/c1-5-7-17-12-9-13(11-16-10-12)18-8-6-14(20)19-15(2,3)4/h9-11,17-18H,5-8H2,1-4H3,(H,19,20). The molecule has 0 aromatic carbocycles. The molecule has 1 amide bonds. The van der Waals surface area contributed by atoms with Crippen molar-refractivity contribution in [3.05, 3.63) is 18.5 Å². The van der Waals surface area contributed by atoms with Gasteiger partial charge in [0.1, 0.15) is 0 Å². The maximum absolute atomic E-state index is 11.7. The van der Waals surface area contributed by atoms with Gasteiger partial charge in [-0.1, -0.05) is 6.92 Å². The summed E-state index contributed by atoms with van der Waals surface area (Å²) in [6.07, 6.45) is 5.08. The van der Waals surface area contributed by atoms with Crippen LogP contribution in [-0.2, 0) is 4.79 Å². The summed E-state index contributed by atoms with van der Waals surface area (Å²) in [5.74, 6) is 0.0539. The summed E-state index contributed by atoms with van der Waals surface area (Å²) in [6, 6.07) is 2.00. The minimum atomic E-state index is -0.178. The molecule has 5 nitrogen and oxygen atoms in total. The number of amides is 1. The van der Waals surface area contributed by atoms with Crippen molar-refractivity contribution in [1.29, 1.82) is 0 Å². The van der Waals surface area contributed by atoms with Crippen LogP contribution in [0, 0.1) is 0 Å². The highest BCUT2D eigenvalue weighted by atomic mass is 16.1. The molecule has 0 spiro atoms. The molecule has 112 valence electrons. The van der Waals surface area contributed by atoms with Crippen molar-refractivity contribution in [2.24, 2.45) is 0 Å². The van der Waals surface area contributed by atoms with Crippen molar-refractivity contribution in [3.63, 3.8) is 0 Å². The lowest BCUT2D eigenvalue weighted by molar-refractivity contribution is -0.122. The Morgan fingerprint density at radius 1 is 1.15 bits per heavy atom. The Labute approximate surface area is 121 Å². The molecule has 0 unspecified atom stereocenters. The second-order valence-electron chi connectivity index (χ2n) is 5.86. The van der Waals surface area contributed by atoms with E-state index in [0.717, 1.165) is 24.3 Å². The molecule has 5 heteroatoms. The quantitative estimate of drug-likeness (QED) is 0.717. The Bertz CT molecular complexity index is 426. The molecule has 0 aliphatic rings. The minimum Gasteiger partial charge on any atom is -0.384 e. The summed E-state index contributed by atoms with van der Waals surface area (Å²) in [5.41, 5.74) is 1.74. The molecule has 1 heterocycles. The van der Waals surface area contributed by atoms with Crippen molar-refractivity contribution in [2.45, 2.75) is 46.1 Å². The number of anilines is 2. The van der Waals surface area contributed by atoms with Gasteiger partial charge in [0, 0.05) is 25.0 Å². The number of hydrogen-bond donors (Lipinski definition) is 3. The number of carbonyl (C=O) groups excluding carboxylic acids is 1. The lowest BCUT2D eigenvalue weighted by atomic mass is 10.1. The van der Waals surface area contributed by atoms with E-state index < -0.39 is 0 Å². The van der Waals surface area contributed by atoms with Crippen LogP contribution in [0.2, 0.25) is 0 Å². The number of pyridine rings is 1. The largest absolute Gasteiger partial charge is 0.384 e. The van der Waals surface area contributed by atoms with E-state index in [-0.39, 0.29) is 11.4 Å². The molecule has 0 fully saturated rings. The van der Waals surface area contributed by atoms with Crippen molar-refractivity contribution in [2.75, 3.05) is 23.7 Å². The first kappa shape index (κ1) is 16.3. The summed E-state index contributed by atoms with van der Waals surface area (Å²) in [5, 5.41) is 9.44. The summed E-state index contributed by atoms with van der Waals surface area (Å²) >= 11 is 0. The molecule has 0 aliphatic heterocycles. The Kier molecular flexibility index (Phi) is 6.28. The van der Waals surface area contributed by atoms with Crippen LogP contribution in [0.15, 0.2) is 18.5 Å². The van der Waals surface area contributed by atoms with Crippen molar-refractivity contribution < 1.29 is 4.79 Å². The van der Waals surface area contributed by atoms with Crippen LogP contribution in [0.3, 0.4) is 0 Å². The highest BCUT2D eigenvalue weighted by Gasteiger charge is 2.12. The first-order valence-corrected chi connectivity index (χ1v) is 7.14. The Balaban J connectivity index is 2.36. The summed E-state index contributed by atoms with van der Waals surface area (Å²) in [6.45, 7) is 9.58. The lowest BCUT2D eigenvalue weighted by Gasteiger charge is -2.20. The van der Waals surface area contributed by atoms with Crippen LogP contribution in [-0.4, -0.2) is 29.5 Å². The molecule has 1 aromatic heterocycles. The highest BCUT2D eigenvalue weighted by molar-refractivity contribution is 5.77. The van der Waals surface area contributed by atoms with E-state index in [2.05, 4.69) is 27.9 Å². The first-order chi connectivity index (χ1) is 9.40. The van der Waals surface area contributed by atoms with Gasteiger partial charge in [-0.25, -0.2) is 0 Å². The lowest BCUT2D eigenvalue weighted by Crippen LogP contribution is -2.41. The second kappa shape index (κ2) is 7.72. The normalized spacial score (nSPS) is 11.0. The van der Waals surface area contributed by atoms with E-state index in [4.69, 9.17) is 0 Å². The van der Waals surface area contributed by atoms with Crippen LogP contribution in [0.4, 0.5) is 11.4 Å². The molecule has 3 N–H and O–H groups in total. The number of aromatic nitrogens is 1. The maximum Gasteiger partial charge on any atom is 0.222 e. The van der Waals surface area contributed by atoms with Gasteiger partial charge < -0.3 is 16.0 Å². The van der Waals surface area contributed by atoms with Gasteiger partial charge in [0.25, 0.3) is 0 Å². The zero-order valence-electron chi connectivity index (χ0n) is 12.9. The molecule has 0 saturated heterocycles. The second-order valence-corrected chi connectivity index (χ2v) is 5.86. The molecule has 0 atom stereocenters. The molecule has 0 saturated carbocycles. The topological polar surface area (TPSA) is 66.0 Å². The maximum atomic E-state index is 11.7. The van der Waals surface area contributed by atoms with E-state index in [1.165, 1.54) is 0 Å². The third-order valence-corrected chi connectivity index (χ3v) is 2.51. The predicted octanol–water partition coefficient (Wildman–Crippen LogP) is 2.62. The smallest absolute Gasteiger partial charge is 0.222 e. The van der Waals surface area contributed by atoms with Gasteiger partial charge >= 0.3 is 0 Å². The molecule has 20 heavy (non-hydrogen) atoms. The SMILES string of the molecule is CCCNc1cncc(NCCC(=O)NC(C)(C)C)c1. The summed E-state index contributed by atoms with van der Waals surface area (Å²) in [4.78, 5) is 15.8. The van der Waals surface area contributed by atoms with Gasteiger partial charge in [0.15, 0.2) is 0 Å². The van der Waals surface area contributed by atoms with Crippen molar-refractivity contribution in [1.82, 2.24) is 10.3 Å². The van der Waals surface area contributed by atoms with E-state index in [1.807, 2.05) is 26.8 Å². The summed E-state index contributed by atoms with van der Waals surface area (Å²) < 4.78 is 0. The number of hydrogen-bond acceptors (Lipinski definition) is 4. The molecule has 1 rings (SSSR count).